The van der Waals surface area contributed by atoms with Crippen LogP contribution in [0.3, 0.4) is 0 Å². The molecule has 2 heterocycles. The molecule has 2 aliphatic heterocycles. The lowest BCUT2D eigenvalue weighted by Gasteiger charge is -2.37. The second-order valence-corrected chi connectivity index (χ2v) is 8.82. The van der Waals surface area contributed by atoms with Crippen LogP contribution < -0.4 is 20.1 Å². The SMILES string of the molecule is CCNC(=NCC(C)N1CCOCC1C)NC1CCN(Cc2cc(OC)cc(OC)c2)C1.I. The van der Waals surface area contributed by atoms with E-state index in [1.54, 1.807) is 14.2 Å². The van der Waals surface area contributed by atoms with Gasteiger partial charge in [-0.15, -0.1) is 24.0 Å². The number of halogens is 1. The van der Waals surface area contributed by atoms with Crippen molar-refractivity contribution in [2.45, 2.75) is 51.9 Å². The second kappa shape index (κ2) is 14.2. The predicted octanol–water partition coefficient (Wildman–Crippen LogP) is 2.56. The number of morpholine rings is 1. The van der Waals surface area contributed by atoms with E-state index in [0.29, 0.717) is 18.1 Å². The van der Waals surface area contributed by atoms with Gasteiger partial charge in [0.25, 0.3) is 0 Å². The molecule has 3 unspecified atom stereocenters. The number of likely N-dealkylation sites (tertiary alicyclic amines) is 1. The van der Waals surface area contributed by atoms with E-state index in [-0.39, 0.29) is 24.0 Å². The first-order chi connectivity index (χ1) is 15.5. The van der Waals surface area contributed by atoms with Crippen LogP contribution in [0.2, 0.25) is 0 Å². The number of aliphatic imine (C=N–C) groups is 1. The molecule has 0 spiro atoms. The van der Waals surface area contributed by atoms with Gasteiger partial charge in [0.1, 0.15) is 11.5 Å². The molecule has 33 heavy (non-hydrogen) atoms. The van der Waals surface area contributed by atoms with E-state index in [1.165, 1.54) is 5.56 Å². The third-order valence-electron chi connectivity index (χ3n) is 6.27. The van der Waals surface area contributed by atoms with Crippen LogP contribution in [0, 0.1) is 0 Å². The molecule has 0 saturated carbocycles. The molecular formula is C24H42IN5O3. The molecule has 2 fully saturated rings. The Kier molecular flexibility index (Phi) is 12.0. The Morgan fingerprint density at radius 1 is 1.21 bits per heavy atom. The minimum Gasteiger partial charge on any atom is -0.497 e. The van der Waals surface area contributed by atoms with E-state index in [2.05, 4.69) is 53.3 Å². The summed E-state index contributed by atoms with van der Waals surface area (Å²) in [5.74, 6) is 2.58. The van der Waals surface area contributed by atoms with Crippen LogP contribution in [-0.4, -0.2) is 94.0 Å². The number of nitrogens with zero attached hydrogens (tertiary/aromatic N) is 3. The Bertz CT molecular complexity index is 729. The van der Waals surface area contributed by atoms with Crippen molar-refractivity contribution >= 4 is 29.9 Å². The number of hydrogen-bond acceptors (Lipinski definition) is 6. The minimum atomic E-state index is 0. The summed E-state index contributed by atoms with van der Waals surface area (Å²) in [5, 5.41) is 7.07. The topological polar surface area (TPSA) is 70.6 Å². The van der Waals surface area contributed by atoms with Crippen molar-refractivity contribution < 1.29 is 14.2 Å². The van der Waals surface area contributed by atoms with Gasteiger partial charge in [0.2, 0.25) is 0 Å². The van der Waals surface area contributed by atoms with Crippen LogP contribution in [0.5, 0.6) is 11.5 Å². The lowest BCUT2D eigenvalue weighted by molar-refractivity contribution is -0.0165. The molecule has 3 atom stereocenters. The first-order valence-electron chi connectivity index (χ1n) is 11.8. The average molecular weight is 576 g/mol. The molecule has 0 radical (unpaired) electrons. The Hall–Kier alpha value is -1.30. The number of guanidine groups is 1. The van der Waals surface area contributed by atoms with Crippen molar-refractivity contribution in [3.05, 3.63) is 23.8 Å². The third kappa shape index (κ3) is 8.45. The lowest BCUT2D eigenvalue weighted by Crippen LogP contribution is -2.50. The highest BCUT2D eigenvalue weighted by Gasteiger charge is 2.25. The zero-order valence-corrected chi connectivity index (χ0v) is 23.1. The second-order valence-electron chi connectivity index (χ2n) is 8.82. The smallest absolute Gasteiger partial charge is 0.191 e. The molecular weight excluding hydrogens is 533 g/mol. The molecule has 0 amide bonds. The van der Waals surface area contributed by atoms with Crippen molar-refractivity contribution in [1.29, 1.82) is 0 Å². The van der Waals surface area contributed by atoms with Crippen LogP contribution in [0.15, 0.2) is 23.2 Å². The van der Waals surface area contributed by atoms with Crippen molar-refractivity contribution in [3.8, 4) is 11.5 Å². The average Bonchev–Trinajstić information content (AvgIpc) is 3.23. The summed E-state index contributed by atoms with van der Waals surface area (Å²) in [4.78, 5) is 9.86. The summed E-state index contributed by atoms with van der Waals surface area (Å²) in [6.07, 6.45) is 1.10. The summed E-state index contributed by atoms with van der Waals surface area (Å²) in [6.45, 7) is 13.8. The van der Waals surface area contributed by atoms with Crippen molar-refractivity contribution in [2.24, 2.45) is 4.99 Å². The van der Waals surface area contributed by atoms with Gasteiger partial charge in [-0.2, -0.15) is 0 Å². The zero-order valence-electron chi connectivity index (χ0n) is 20.8. The third-order valence-corrected chi connectivity index (χ3v) is 6.27. The van der Waals surface area contributed by atoms with Crippen molar-refractivity contribution in [1.82, 2.24) is 20.4 Å². The first-order valence-corrected chi connectivity index (χ1v) is 11.8. The molecule has 2 aliphatic rings. The van der Waals surface area contributed by atoms with E-state index in [1.807, 2.05) is 6.07 Å². The van der Waals surface area contributed by atoms with Crippen LogP contribution >= 0.6 is 24.0 Å². The van der Waals surface area contributed by atoms with E-state index >= 15 is 0 Å². The standard InChI is InChI=1S/C24H41N5O3.HI/c1-6-25-24(26-14-18(2)29-9-10-32-17-19(29)3)27-21-7-8-28(16-21)15-20-11-22(30-4)13-23(12-20)31-5;/h11-13,18-19,21H,6-10,14-17H2,1-5H3,(H2,25,26,27);1H. The lowest BCUT2D eigenvalue weighted by atomic mass is 10.2. The van der Waals surface area contributed by atoms with Gasteiger partial charge >= 0.3 is 0 Å². The molecule has 0 aromatic heterocycles. The highest BCUT2D eigenvalue weighted by molar-refractivity contribution is 14.0. The number of nitrogens with one attached hydrogen (secondary N) is 2. The first kappa shape index (κ1) is 27.9. The number of benzene rings is 1. The maximum absolute atomic E-state index is 5.57. The quantitative estimate of drug-likeness (QED) is 0.267. The number of ether oxygens (including phenoxy) is 3. The molecule has 0 bridgehead atoms. The van der Waals surface area contributed by atoms with Gasteiger partial charge in [0.15, 0.2) is 5.96 Å². The summed E-state index contributed by atoms with van der Waals surface area (Å²) in [6, 6.07) is 7.31. The Morgan fingerprint density at radius 2 is 1.94 bits per heavy atom. The van der Waals surface area contributed by atoms with Crippen LogP contribution in [0.25, 0.3) is 0 Å². The van der Waals surface area contributed by atoms with Gasteiger partial charge in [0, 0.05) is 56.9 Å². The Balaban J connectivity index is 0.00000385. The van der Waals surface area contributed by atoms with Gasteiger partial charge in [-0.1, -0.05) is 0 Å². The Morgan fingerprint density at radius 3 is 2.58 bits per heavy atom. The van der Waals surface area contributed by atoms with E-state index in [9.17, 15) is 0 Å². The molecule has 188 valence electrons. The maximum atomic E-state index is 5.57. The van der Waals surface area contributed by atoms with Crippen LogP contribution in [-0.2, 0) is 11.3 Å². The van der Waals surface area contributed by atoms with E-state index in [4.69, 9.17) is 19.2 Å². The van der Waals surface area contributed by atoms with Gasteiger partial charge in [-0.05, 0) is 44.9 Å². The fraction of sp³-hybridized carbons (Fsp3) is 0.708. The van der Waals surface area contributed by atoms with Crippen molar-refractivity contribution in [2.75, 3.05) is 60.2 Å². The molecule has 1 aromatic rings. The molecule has 2 saturated heterocycles. The highest BCUT2D eigenvalue weighted by Crippen LogP contribution is 2.24. The number of hydrogen-bond donors (Lipinski definition) is 2. The zero-order chi connectivity index (χ0) is 22.9. The normalized spacial score (nSPS) is 23.0. The fourth-order valence-corrected chi connectivity index (χ4v) is 4.55. The highest BCUT2D eigenvalue weighted by atomic mass is 127. The van der Waals surface area contributed by atoms with E-state index < -0.39 is 0 Å². The summed E-state index contributed by atoms with van der Waals surface area (Å²) < 4.78 is 16.4. The Labute approximate surface area is 216 Å². The van der Waals surface area contributed by atoms with Gasteiger partial charge in [-0.3, -0.25) is 14.8 Å². The van der Waals surface area contributed by atoms with Crippen LogP contribution in [0.4, 0.5) is 0 Å². The molecule has 0 aliphatic carbocycles. The largest absolute Gasteiger partial charge is 0.497 e. The summed E-state index contributed by atoms with van der Waals surface area (Å²) >= 11 is 0. The molecule has 9 heteroatoms. The van der Waals surface area contributed by atoms with Gasteiger partial charge in [0.05, 0.1) is 34.0 Å². The van der Waals surface area contributed by atoms with Crippen molar-refractivity contribution in [3.63, 3.8) is 0 Å². The van der Waals surface area contributed by atoms with Gasteiger partial charge < -0.3 is 24.8 Å². The van der Waals surface area contributed by atoms with Gasteiger partial charge in [-0.25, -0.2) is 0 Å². The molecule has 1 aromatic carbocycles. The maximum Gasteiger partial charge on any atom is 0.191 e. The van der Waals surface area contributed by atoms with Crippen LogP contribution in [0.1, 0.15) is 32.8 Å². The predicted molar refractivity (Wildman–Crippen MR) is 144 cm³/mol. The monoisotopic (exact) mass is 575 g/mol. The summed E-state index contributed by atoms with van der Waals surface area (Å²) in [5.41, 5.74) is 1.20. The number of rotatable bonds is 9. The molecule has 8 nitrogen and oxygen atoms in total. The molecule has 2 N–H and O–H groups in total. The fourth-order valence-electron chi connectivity index (χ4n) is 4.55. The molecule has 3 rings (SSSR count). The minimum absolute atomic E-state index is 0. The number of methoxy groups -OCH3 is 2. The summed E-state index contributed by atoms with van der Waals surface area (Å²) in [7, 11) is 3.38. The van der Waals surface area contributed by atoms with E-state index in [0.717, 1.165) is 76.4 Å².